The number of ether oxygens (including phenoxy) is 1. The molecular formula is C22H20ClNO5. The quantitative estimate of drug-likeness (QED) is 0.585. The molecule has 29 heavy (non-hydrogen) atoms. The van der Waals surface area contributed by atoms with Crippen LogP contribution in [-0.2, 0) is 9.53 Å². The van der Waals surface area contributed by atoms with E-state index < -0.39 is 23.9 Å². The van der Waals surface area contributed by atoms with Crippen LogP contribution in [0.5, 0.6) is 0 Å². The molecule has 0 aliphatic heterocycles. The predicted molar refractivity (Wildman–Crippen MR) is 110 cm³/mol. The molecule has 7 heteroatoms. The number of fused-ring (bicyclic) bond motifs is 1. The minimum Gasteiger partial charge on any atom is -0.450 e. The molecule has 1 heterocycles. The third-order valence-electron chi connectivity index (χ3n) is 4.34. The fourth-order valence-electron chi connectivity index (χ4n) is 2.96. The van der Waals surface area contributed by atoms with Gasteiger partial charge in [-0.3, -0.25) is 9.59 Å². The number of hydrogen-bond donors (Lipinski definition) is 1. The molecule has 0 bridgehead atoms. The molecule has 0 aliphatic carbocycles. The first-order chi connectivity index (χ1) is 14.0. The van der Waals surface area contributed by atoms with Gasteiger partial charge in [0, 0.05) is 11.1 Å². The Morgan fingerprint density at radius 2 is 1.90 bits per heavy atom. The SMILES string of the molecule is CCC[C@@H](NC(=O)COC(=O)c1cc(=O)c2cc(Cl)ccc2o1)c1ccccc1. The Hall–Kier alpha value is -3.12. The molecule has 1 aromatic heterocycles. The van der Waals surface area contributed by atoms with Crippen molar-refractivity contribution in [3.8, 4) is 0 Å². The molecule has 150 valence electrons. The van der Waals surface area contributed by atoms with Crippen molar-refractivity contribution in [1.29, 1.82) is 0 Å². The Morgan fingerprint density at radius 1 is 1.14 bits per heavy atom. The Balaban J connectivity index is 1.65. The van der Waals surface area contributed by atoms with E-state index >= 15 is 0 Å². The van der Waals surface area contributed by atoms with Crippen LogP contribution in [0.1, 0.15) is 41.9 Å². The van der Waals surface area contributed by atoms with Gasteiger partial charge in [0.05, 0.1) is 11.4 Å². The Bertz CT molecular complexity index is 1080. The smallest absolute Gasteiger partial charge is 0.374 e. The van der Waals surface area contributed by atoms with Gasteiger partial charge >= 0.3 is 5.97 Å². The molecule has 0 fully saturated rings. The average Bonchev–Trinajstić information content (AvgIpc) is 2.72. The van der Waals surface area contributed by atoms with Gasteiger partial charge in [0.25, 0.3) is 5.91 Å². The number of carbonyl (C=O) groups excluding carboxylic acids is 2. The van der Waals surface area contributed by atoms with Crippen molar-refractivity contribution < 1.29 is 18.7 Å². The number of esters is 1. The highest BCUT2D eigenvalue weighted by Crippen LogP contribution is 2.19. The summed E-state index contributed by atoms with van der Waals surface area (Å²) >= 11 is 5.87. The van der Waals surface area contributed by atoms with Crippen molar-refractivity contribution in [1.82, 2.24) is 5.32 Å². The number of benzene rings is 2. The monoisotopic (exact) mass is 413 g/mol. The maximum atomic E-state index is 12.3. The van der Waals surface area contributed by atoms with E-state index in [0.717, 1.165) is 24.5 Å². The number of carbonyl (C=O) groups is 2. The van der Waals surface area contributed by atoms with E-state index in [4.69, 9.17) is 20.8 Å². The van der Waals surface area contributed by atoms with E-state index in [9.17, 15) is 14.4 Å². The molecule has 6 nitrogen and oxygen atoms in total. The molecule has 0 saturated heterocycles. The van der Waals surface area contributed by atoms with Crippen LogP contribution in [0.15, 0.2) is 63.8 Å². The maximum absolute atomic E-state index is 12.3. The molecule has 2 aromatic carbocycles. The van der Waals surface area contributed by atoms with Gasteiger partial charge in [0.2, 0.25) is 5.76 Å². The van der Waals surface area contributed by atoms with Crippen LogP contribution in [0, 0.1) is 0 Å². The zero-order chi connectivity index (χ0) is 20.8. The van der Waals surface area contributed by atoms with E-state index in [0.29, 0.717) is 5.02 Å². The number of halogens is 1. The lowest BCUT2D eigenvalue weighted by Gasteiger charge is -2.18. The molecule has 1 N–H and O–H groups in total. The standard InChI is InChI=1S/C22H20ClNO5/c1-2-6-17(14-7-4-3-5-8-14)24-21(26)13-28-22(27)20-12-18(25)16-11-15(23)9-10-19(16)29-20/h3-5,7-12,17H,2,6,13H2,1H3,(H,24,26)/t17-/m1/s1. The lowest BCUT2D eigenvalue weighted by molar-refractivity contribution is -0.125. The van der Waals surface area contributed by atoms with Crippen LogP contribution < -0.4 is 10.7 Å². The first-order valence-corrected chi connectivity index (χ1v) is 9.60. The van der Waals surface area contributed by atoms with Gasteiger partial charge in [0.1, 0.15) is 5.58 Å². The normalized spacial score (nSPS) is 11.8. The van der Waals surface area contributed by atoms with Crippen LogP contribution in [0.2, 0.25) is 5.02 Å². The summed E-state index contributed by atoms with van der Waals surface area (Å²) in [6, 6.07) is 14.9. The Labute approximate surface area is 172 Å². The number of amides is 1. The first kappa shape index (κ1) is 20.6. The Morgan fingerprint density at radius 3 is 2.62 bits per heavy atom. The van der Waals surface area contributed by atoms with Gasteiger partial charge in [0.15, 0.2) is 12.0 Å². The lowest BCUT2D eigenvalue weighted by Crippen LogP contribution is -2.32. The highest BCUT2D eigenvalue weighted by molar-refractivity contribution is 6.31. The van der Waals surface area contributed by atoms with Gasteiger partial charge in [-0.25, -0.2) is 4.79 Å². The fraction of sp³-hybridized carbons (Fsp3) is 0.227. The summed E-state index contributed by atoms with van der Waals surface area (Å²) in [5.41, 5.74) is 0.774. The molecule has 0 spiro atoms. The largest absolute Gasteiger partial charge is 0.450 e. The number of hydrogen-bond acceptors (Lipinski definition) is 5. The highest BCUT2D eigenvalue weighted by Gasteiger charge is 2.18. The van der Waals surface area contributed by atoms with Gasteiger partial charge in [-0.15, -0.1) is 0 Å². The summed E-state index contributed by atoms with van der Waals surface area (Å²) in [4.78, 5) is 36.7. The summed E-state index contributed by atoms with van der Waals surface area (Å²) in [6.07, 6.45) is 1.64. The second kappa shape index (κ2) is 9.39. The second-order valence-corrected chi connectivity index (χ2v) is 6.95. The molecule has 0 saturated carbocycles. The summed E-state index contributed by atoms with van der Waals surface area (Å²) in [5.74, 6) is -1.60. The third kappa shape index (κ3) is 5.23. The third-order valence-corrected chi connectivity index (χ3v) is 4.57. The zero-order valence-electron chi connectivity index (χ0n) is 15.8. The molecular weight excluding hydrogens is 394 g/mol. The molecule has 0 radical (unpaired) electrons. The zero-order valence-corrected chi connectivity index (χ0v) is 16.6. The van der Waals surface area contributed by atoms with E-state index in [-0.39, 0.29) is 22.8 Å². The van der Waals surface area contributed by atoms with Crippen molar-refractivity contribution in [3.63, 3.8) is 0 Å². The molecule has 1 atom stereocenters. The summed E-state index contributed by atoms with van der Waals surface area (Å²) < 4.78 is 10.4. The summed E-state index contributed by atoms with van der Waals surface area (Å²) in [6.45, 7) is 1.55. The topological polar surface area (TPSA) is 85.6 Å². The first-order valence-electron chi connectivity index (χ1n) is 9.22. The van der Waals surface area contributed by atoms with Gasteiger partial charge in [-0.2, -0.15) is 0 Å². The molecule has 0 unspecified atom stereocenters. The van der Waals surface area contributed by atoms with E-state index in [1.807, 2.05) is 37.3 Å². The molecule has 3 aromatic rings. The highest BCUT2D eigenvalue weighted by atomic mass is 35.5. The van der Waals surface area contributed by atoms with Crippen LogP contribution in [0.25, 0.3) is 11.0 Å². The van der Waals surface area contributed by atoms with Gasteiger partial charge in [-0.1, -0.05) is 55.3 Å². The Kier molecular flexibility index (Phi) is 6.67. The van der Waals surface area contributed by atoms with Crippen LogP contribution in [0.4, 0.5) is 0 Å². The van der Waals surface area contributed by atoms with E-state index in [1.165, 1.54) is 12.1 Å². The fourth-order valence-corrected chi connectivity index (χ4v) is 3.14. The molecule has 1 amide bonds. The molecule has 0 aliphatic rings. The predicted octanol–water partition coefficient (Wildman–Crippen LogP) is 4.26. The van der Waals surface area contributed by atoms with Gasteiger partial charge in [-0.05, 0) is 30.2 Å². The minimum atomic E-state index is -0.888. The lowest BCUT2D eigenvalue weighted by atomic mass is 10.0. The van der Waals surface area contributed by atoms with Crippen molar-refractivity contribution in [3.05, 3.63) is 81.2 Å². The summed E-state index contributed by atoms with van der Waals surface area (Å²) in [5, 5.41) is 3.51. The van der Waals surface area contributed by atoms with Crippen molar-refractivity contribution in [2.45, 2.75) is 25.8 Å². The molecule has 3 rings (SSSR count). The number of rotatable bonds is 7. The van der Waals surface area contributed by atoms with Crippen LogP contribution in [-0.4, -0.2) is 18.5 Å². The number of nitrogens with one attached hydrogen (secondary N) is 1. The van der Waals surface area contributed by atoms with Crippen molar-refractivity contribution in [2.24, 2.45) is 0 Å². The van der Waals surface area contributed by atoms with Crippen LogP contribution >= 0.6 is 11.6 Å². The second-order valence-electron chi connectivity index (χ2n) is 6.51. The van der Waals surface area contributed by atoms with E-state index in [1.54, 1.807) is 6.07 Å². The van der Waals surface area contributed by atoms with Gasteiger partial charge < -0.3 is 14.5 Å². The van der Waals surface area contributed by atoms with E-state index in [2.05, 4.69) is 5.32 Å². The minimum absolute atomic E-state index is 0.171. The van der Waals surface area contributed by atoms with Crippen molar-refractivity contribution in [2.75, 3.05) is 6.61 Å². The van der Waals surface area contributed by atoms with Crippen LogP contribution in [0.3, 0.4) is 0 Å². The average molecular weight is 414 g/mol. The van der Waals surface area contributed by atoms with Crippen molar-refractivity contribution >= 4 is 34.4 Å². The summed E-state index contributed by atoms with van der Waals surface area (Å²) in [7, 11) is 0. The maximum Gasteiger partial charge on any atom is 0.374 e.